The molecule has 8 heteroatoms. The second kappa shape index (κ2) is 5.95. The molecule has 0 aromatic heterocycles. The van der Waals surface area contributed by atoms with Crippen LogP contribution in [0, 0.1) is 0 Å². The van der Waals surface area contributed by atoms with Crippen LogP contribution in [0.4, 0.5) is 0 Å². The van der Waals surface area contributed by atoms with Gasteiger partial charge in [-0.15, -0.1) is 0 Å². The summed E-state index contributed by atoms with van der Waals surface area (Å²) in [6.07, 6.45) is 0. The number of aliphatic carboxylic acids is 2. The lowest BCUT2D eigenvalue weighted by Crippen LogP contribution is -2.10. The molecule has 0 aliphatic heterocycles. The Labute approximate surface area is 65.6 Å². The molecule has 12 heavy (non-hydrogen) atoms. The van der Waals surface area contributed by atoms with Crippen LogP contribution in [-0.2, 0) is 9.59 Å². The molecule has 0 amide bonds. The highest BCUT2D eigenvalue weighted by Crippen LogP contribution is 1.96. The summed E-state index contributed by atoms with van der Waals surface area (Å²) in [6, 6.07) is 0. The minimum absolute atomic E-state index is 0. The molecule has 0 saturated heterocycles. The summed E-state index contributed by atoms with van der Waals surface area (Å²) in [7, 11) is 0. The molecule has 0 heterocycles. The van der Waals surface area contributed by atoms with Crippen molar-refractivity contribution in [2.75, 3.05) is 0 Å². The van der Waals surface area contributed by atoms with Gasteiger partial charge in [0.2, 0.25) is 0 Å². The molecular weight excluding hydrogens is 176 g/mol. The van der Waals surface area contributed by atoms with Crippen molar-refractivity contribution in [1.82, 2.24) is 0 Å². The summed E-state index contributed by atoms with van der Waals surface area (Å²) in [6.45, 7) is 0. The van der Waals surface area contributed by atoms with E-state index in [1.807, 2.05) is 0 Å². The maximum Gasteiger partial charge on any atom is 0.375 e. The van der Waals surface area contributed by atoms with Crippen LogP contribution in [0.3, 0.4) is 0 Å². The first-order valence-corrected chi connectivity index (χ1v) is 2.05. The van der Waals surface area contributed by atoms with E-state index >= 15 is 0 Å². The van der Waals surface area contributed by atoms with Gasteiger partial charge in [-0.2, -0.15) is 0 Å². The number of aliphatic hydroxyl groups excluding tert-OH is 2. The van der Waals surface area contributed by atoms with Crippen molar-refractivity contribution in [1.29, 1.82) is 0 Å². The molecule has 8 N–H and O–H groups in total. The quantitative estimate of drug-likeness (QED) is 0.280. The van der Waals surface area contributed by atoms with Crippen molar-refractivity contribution in [2.24, 2.45) is 0 Å². The van der Waals surface area contributed by atoms with Crippen LogP contribution in [0.1, 0.15) is 0 Å². The Morgan fingerprint density at radius 3 is 0.917 bits per heavy atom. The summed E-state index contributed by atoms with van der Waals surface area (Å²) < 4.78 is 0. The zero-order chi connectivity index (χ0) is 8.31. The predicted octanol–water partition coefficient (Wildman–Crippen LogP) is -2.17. The standard InChI is InChI=1S/C4H4O6.2H2O/c5-1(3(7)8)2(6)4(9)10;;/h5-6H,(H,7,8)(H,9,10);2*1H2. The second-order valence-electron chi connectivity index (χ2n) is 1.31. The van der Waals surface area contributed by atoms with E-state index in [1.165, 1.54) is 0 Å². The first kappa shape index (κ1) is 16.7. The molecule has 0 bridgehead atoms. The molecule has 0 saturated carbocycles. The van der Waals surface area contributed by atoms with E-state index in [9.17, 15) is 9.59 Å². The molecule has 72 valence electrons. The topological polar surface area (TPSA) is 178 Å². The van der Waals surface area contributed by atoms with E-state index in [4.69, 9.17) is 20.4 Å². The van der Waals surface area contributed by atoms with Crippen LogP contribution in [-0.4, -0.2) is 43.3 Å². The van der Waals surface area contributed by atoms with Gasteiger partial charge in [0.15, 0.2) is 0 Å². The fourth-order valence-electron chi connectivity index (χ4n) is 0.203. The Balaban J connectivity index is -0.000000405. The SMILES string of the molecule is O.O.O=C(O)C(O)=C(O)C(=O)O. The Hall–Kier alpha value is -1.80. The number of rotatable bonds is 2. The summed E-state index contributed by atoms with van der Waals surface area (Å²) in [5, 5.41) is 32.2. The van der Waals surface area contributed by atoms with Gasteiger partial charge in [0.1, 0.15) is 0 Å². The third-order valence-corrected chi connectivity index (χ3v) is 0.629. The summed E-state index contributed by atoms with van der Waals surface area (Å²) in [5.41, 5.74) is 0. The minimum Gasteiger partial charge on any atom is -0.499 e. The van der Waals surface area contributed by atoms with Gasteiger partial charge >= 0.3 is 11.9 Å². The van der Waals surface area contributed by atoms with Gasteiger partial charge < -0.3 is 31.4 Å². The lowest BCUT2D eigenvalue weighted by Gasteiger charge is -1.92. The van der Waals surface area contributed by atoms with Crippen LogP contribution >= 0.6 is 0 Å². The van der Waals surface area contributed by atoms with Crippen molar-refractivity contribution in [2.45, 2.75) is 0 Å². The molecule has 0 aliphatic rings. The van der Waals surface area contributed by atoms with Gasteiger partial charge in [-0.1, -0.05) is 0 Å². The predicted molar refractivity (Wildman–Crippen MR) is 34.8 cm³/mol. The lowest BCUT2D eigenvalue weighted by molar-refractivity contribution is -0.140. The highest BCUT2D eigenvalue weighted by molar-refractivity contribution is 5.94. The van der Waals surface area contributed by atoms with Gasteiger partial charge in [-0.3, -0.25) is 0 Å². The van der Waals surface area contributed by atoms with Crippen LogP contribution in [0.5, 0.6) is 0 Å². The monoisotopic (exact) mass is 184 g/mol. The third-order valence-electron chi connectivity index (χ3n) is 0.629. The Morgan fingerprint density at radius 1 is 0.667 bits per heavy atom. The number of carboxylic acids is 2. The number of hydrogen-bond acceptors (Lipinski definition) is 4. The van der Waals surface area contributed by atoms with E-state index in [0.29, 0.717) is 0 Å². The smallest absolute Gasteiger partial charge is 0.375 e. The highest BCUT2D eigenvalue weighted by atomic mass is 16.4. The zero-order valence-corrected chi connectivity index (χ0v) is 5.61. The number of carboxylic acid groups (broad SMARTS) is 2. The molecule has 0 atom stereocenters. The summed E-state index contributed by atoms with van der Waals surface area (Å²) >= 11 is 0. The molecular formula is C4H8O8. The molecule has 0 aliphatic carbocycles. The Morgan fingerprint density at radius 2 is 0.833 bits per heavy atom. The second-order valence-corrected chi connectivity index (χ2v) is 1.31. The van der Waals surface area contributed by atoms with Gasteiger partial charge in [-0.05, 0) is 0 Å². The first-order chi connectivity index (χ1) is 4.46. The lowest BCUT2D eigenvalue weighted by atomic mass is 10.4. The zero-order valence-electron chi connectivity index (χ0n) is 5.61. The fraction of sp³-hybridized carbons (Fsp3) is 0. The average molecular weight is 184 g/mol. The Bertz CT molecular complexity index is 181. The van der Waals surface area contributed by atoms with Crippen molar-refractivity contribution < 1.29 is 41.0 Å². The van der Waals surface area contributed by atoms with Gasteiger partial charge in [0.25, 0.3) is 11.5 Å². The van der Waals surface area contributed by atoms with Crippen LogP contribution in [0.25, 0.3) is 0 Å². The largest absolute Gasteiger partial charge is 0.499 e. The van der Waals surface area contributed by atoms with Crippen LogP contribution < -0.4 is 0 Å². The van der Waals surface area contributed by atoms with E-state index in [1.54, 1.807) is 0 Å². The minimum atomic E-state index is -1.89. The molecule has 0 aromatic rings. The third kappa shape index (κ3) is 4.09. The number of carbonyl (C=O) groups is 2. The molecule has 0 radical (unpaired) electrons. The van der Waals surface area contributed by atoms with Gasteiger partial charge in [-0.25, -0.2) is 9.59 Å². The maximum atomic E-state index is 9.71. The number of hydrogen-bond donors (Lipinski definition) is 4. The van der Waals surface area contributed by atoms with E-state index < -0.39 is 23.5 Å². The normalized spacial score (nSPS) is 10.0. The first-order valence-electron chi connectivity index (χ1n) is 2.05. The number of aliphatic hydroxyl groups is 2. The Kier molecular flexibility index (Phi) is 8.25. The van der Waals surface area contributed by atoms with Crippen LogP contribution in [0.15, 0.2) is 11.5 Å². The molecule has 0 rings (SSSR count). The van der Waals surface area contributed by atoms with Crippen LogP contribution in [0.2, 0.25) is 0 Å². The molecule has 0 fully saturated rings. The van der Waals surface area contributed by atoms with E-state index in [2.05, 4.69) is 0 Å². The highest BCUT2D eigenvalue weighted by Gasteiger charge is 2.17. The fourth-order valence-corrected chi connectivity index (χ4v) is 0.203. The summed E-state index contributed by atoms with van der Waals surface area (Å²) in [4.78, 5) is 19.4. The molecule has 0 spiro atoms. The van der Waals surface area contributed by atoms with Crippen molar-refractivity contribution >= 4 is 11.9 Å². The maximum absolute atomic E-state index is 9.71. The molecule has 0 unspecified atom stereocenters. The van der Waals surface area contributed by atoms with Crippen molar-refractivity contribution in [3.8, 4) is 0 Å². The van der Waals surface area contributed by atoms with Crippen molar-refractivity contribution in [3.63, 3.8) is 0 Å². The van der Waals surface area contributed by atoms with Gasteiger partial charge in [0, 0.05) is 0 Å². The van der Waals surface area contributed by atoms with Gasteiger partial charge in [0.05, 0.1) is 0 Å². The molecule has 0 aromatic carbocycles. The van der Waals surface area contributed by atoms with Crippen molar-refractivity contribution in [3.05, 3.63) is 11.5 Å². The van der Waals surface area contributed by atoms with E-state index in [-0.39, 0.29) is 11.0 Å². The molecule has 8 nitrogen and oxygen atoms in total. The van der Waals surface area contributed by atoms with E-state index in [0.717, 1.165) is 0 Å². The summed E-state index contributed by atoms with van der Waals surface area (Å²) in [5.74, 6) is -6.93. The average Bonchev–Trinajstić information content (AvgIpc) is 1.84.